The number of aliphatic hydroxyl groups excluding tert-OH is 1. The van der Waals surface area contributed by atoms with Crippen LogP contribution in [0, 0.1) is 11.8 Å². The number of benzene rings is 1. The van der Waals surface area contributed by atoms with E-state index in [4.69, 9.17) is 0 Å². The summed E-state index contributed by atoms with van der Waals surface area (Å²) in [5, 5.41) is 13.1. The molecule has 0 bridgehead atoms. The number of alkyl halides is 3. The van der Waals surface area contributed by atoms with Crippen LogP contribution in [0.4, 0.5) is 13.2 Å². The van der Waals surface area contributed by atoms with E-state index < -0.39 is 28.0 Å². The average Bonchev–Trinajstić information content (AvgIpc) is 3.45. The van der Waals surface area contributed by atoms with Gasteiger partial charge in [0.25, 0.3) is 5.91 Å². The van der Waals surface area contributed by atoms with Crippen LogP contribution in [0.15, 0.2) is 59.2 Å². The molecule has 1 aliphatic carbocycles. The van der Waals surface area contributed by atoms with E-state index in [-0.39, 0.29) is 47.1 Å². The maximum atomic E-state index is 13.3. The van der Waals surface area contributed by atoms with Crippen molar-refractivity contribution in [2.24, 2.45) is 11.8 Å². The van der Waals surface area contributed by atoms with Gasteiger partial charge in [-0.05, 0) is 74.8 Å². The van der Waals surface area contributed by atoms with Gasteiger partial charge in [-0.3, -0.25) is 9.69 Å². The Morgan fingerprint density at radius 1 is 1.20 bits per heavy atom. The fraction of sp³-hybridized carbons (Fsp3) is 0.500. The van der Waals surface area contributed by atoms with Gasteiger partial charge < -0.3 is 10.4 Å². The van der Waals surface area contributed by atoms with Crippen molar-refractivity contribution in [1.82, 2.24) is 10.2 Å². The van der Waals surface area contributed by atoms with Crippen LogP contribution in [0.1, 0.15) is 84.2 Å². The number of fused-ring (bicyclic) bond motifs is 1. The zero-order chi connectivity index (χ0) is 30.1. The minimum absolute atomic E-state index is 0.0351. The lowest BCUT2D eigenvalue weighted by Crippen LogP contribution is -2.33. The second-order valence-electron chi connectivity index (χ2n) is 11.2. The summed E-state index contributed by atoms with van der Waals surface area (Å²) >= 11 is 1.37. The normalized spacial score (nSPS) is 22.1. The van der Waals surface area contributed by atoms with Crippen LogP contribution < -0.4 is 5.32 Å². The first-order chi connectivity index (χ1) is 19.2. The molecule has 224 valence electrons. The molecular formula is C30H37F3N2O4S2. The van der Waals surface area contributed by atoms with E-state index in [9.17, 15) is 31.5 Å². The maximum Gasteiger partial charge on any atom is 0.391 e. The average molecular weight is 611 g/mol. The third-order valence-electron chi connectivity index (χ3n) is 7.96. The van der Waals surface area contributed by atoms with E-state index in [0.29, 0.717) is 36.4 Å². The Balaban J connectivity index is 1.47. The third kappa shape index (κ3) is 7.24. The van der Waals surface area contributed by atoms with Gasteiger partial charge in [-0.15, -0.1) is 11.3 Å². The van der Waals surface area contributed by atoms with Crippen molar-refractivity contribution in [3.05, 3.63) is 75.2 Å². The van der Waals surface area contributed by atoms with Crippen LogP contribution in [0.5, 0.6) is 0 Å². The van der Waals surface area contributed by atoms with E-state index in [1.165, 1.54) is 23.5 Å². The molecule has 1 saturated carbocycles. The van der Waals surface area contributed by atoms with Crippen molar-refractivity contribution >= 4 is 27.1 Å². The second kappa shape index (κ2) is 12.3. The van der Waals surface area contributed by atoms with E-state index in [1.807, 2.05) is 19.9 Å². The molecule has 1 fully saturated rings. The van der Waals surface area contributed by atoms with Gasteiger partial charge in [0.1, 0.15) is 11.8 Å². The summed E-state index contributed by atoms with van der Waals surface area (Å²) in [6.07, 6.45) is -0.519. The SMILES string of the molecule is C=C(O)[C@H](NC(=O)c1cc2c(s1)C(C=C(C)C)N(C[C@H]1CC[C@H](C(F)(F)F)CC1)C2)c1ccc(S(=O)(=O)CC)cc1. The lowest BCUT2D eigenvalue weighted by Gasteiger charge is -2.33. The number of nitrogens with zero attached hydrogens (tertiary/aromatic N) is 1. The number of amides is 1. The highest BCUT2D eigenvalue weighted by atomic mass is 32.2. The van der Waals surface area contributed by atoms with Gasteiger partial charge in [0.05, 0.1) is 27.5 Å². The lowest BCUT2D eigenvalue weighted by molar-refractivity contribution is -0.184. The van der Waals surface area contributed by atoms with Gasteiger partial charge in [0, 0.05) is 18.0 Å². The Hall–Kier alpha value is -2.63. The minimum Gasteiger partial charge on any atom is -0.510 e. The van der Waals surface area contributed by atoms with Gasteiger partial charge in [0.2, 0.25) is 0 Å². The summed E-state index contributed by atoms with van der Waals surface area (Å²) in [5.41, 5.74) is 2.62. The second-order valence-corrected chi connectivity index (χ2v) is 14.6. The van der Waals surface area contributed by atoms with Crippen molar-refractivity contribution in [2.45, 2.75) is 76.2 Å². The Morgan fingerprint density at radius 3 is 2.37 bits per heavy atom. The summed E-state index contributed by atoms with van der Waals surface area (Å²) < 4.78 is 63.6. The number of sulfone groups is 1. The third-order valence-corrected chi connectivity index (χ3v) is 11.0. The summed E-state index contributed by atoms with van der Waals surface area (Å²) in [4.78, 5) is 17.2. The molecule has 2 N–H and O–H groups in total. The molecule has 2 heterocycles. The number of nitrogens with one attached hydrogen (secondary N) is 1. The fourth-order valence-corrected chi connectivity index (χ4v) is 7.75. The molecule has 41 heavy (non-hydrogen) atoms. The van der Waals surface area contributed by atoms with E-state index in [1.54, 1.807) is 19.1 Å². The molecule has 2 aromatic rings. The van der Waals surface area contributed by atoms with Crippen molar-refractivity contribution in [2.75, 3.05) is 12.3 Å². The fourth-order valence-electron chi connectivity index (χ4n) is 5.69. The Morgan fingerprint density at radius 2 is 1.83 bits per heavy atom. The van der Waals surface area contributed by atoms with Crippen molar-refractivity contribution in [3.8, 4) is 0 Å². The molecular weight excluding hydrogens is 573 g/mol. The molecule has 0 spiro atoms. The molecule has 11 heteroatoms. The molecule has 1 amide bonds. The Labute approximate surface area is 243 Å². The van der Waals surface area contributed by atoms with Crippen LogP contribution in [0.2, 0.25) is 0 Å². The molecule has 1 aliphatic heterocycles. The highest BCUT2D eigenvalue weighted by molar-refractivity contribution is 7.91. The van der Waals surface area contributed by atoms with Gasteiger partial charge in [-0.25, -0.2) is 8.42 Å². The first-order valence-corrected chi connectivity index (χ1v) is 16.3. The summed E-state index contributed by atoms with van der Waals surface area (Å²) in [7, 11) is -3.39. The van der Waals surface area contributed by atoms with Crippen LogP contribution in [-0.2, 0) is 16.4 Å². The van der Waals surface area contributed by atoms with Gasteiger partial charge in [-0.2, -0.15) is 13.2 Å². The summed E-state index contributed by atoms with van der Waals surface area (Å²) in [6, 6.07) is 6.86. The van der Waals surface area contributed by atoms with Crippen LogP contribution >= 0.6 is 11.3 Å². The maximum absolute atomic E-state index is 13.3. The molecule has 0 saturated heterocycles. The standard InChI is InChI=1S/C30H37F3N2O4S2/c1-5-41(38,39)24-12-8-21(9-13-24)27(19(4)36)34-29(37)26-15-22-17-35(25(14-18(2)3)28(22)40-26)16-20-6-10-23(11-7-20)30(31,32)33/h8-9,12-15,20,23,25,27,36H,4-7,10-11,16-17H2,1-3H3,(H,34,37)/t20-,23-,25?,27-/m0/s1. The van der Waals surface area contributed by atoms with Crippen molar-refractivity contribution < 1.29 is 31.5 Å². The number of halogens is 3. The number of aliphatic hydroxyl groups is 1. The smallest absolute Gasteiger partial charge is 0.391 e. The topological polar surface area (TPSA) is 86.7 Å². The van der Waals surface area contributed by atoms with Crippen LogP contribution in [0.3, 0.4) is 0 Å². The molecule has 2 atom stereocenters. The molecule has 2 aliphatic rings. The zero-order valence-corrected chi connectivity index (χ0v) is 25.1. The van der Waals surface area contributed by atoms with Crippen LogP contribution in [-0.4, -0.2) is 42.8 Å². The number of thiophene rings is 1. The number of rotatable bonds is 9. The number of carbonyl (C=O) groups excluding carboxylic acids is 1. The first-order valence-electron chi connectivity index (χ1n) is 13.8. The van der Waals surface area contributed by atoms with Crippen LogP contribution in [0.25, 0.3) is 0 Å². The predicted octanol–water partition coefficient (Wildman–Crippen LogP) is 7.28. The monoisotopic (exact) mass is 610 g/mol. The lowest BCUT2D eigenvalue weighted by atomic mass is 9.81. The molecule has 4 rings (SSSR count). The predicted molar refractivity (Wildman–Crippen MR) is 155 cm³/mol. The van der Waals surface area contributed by atoms with Crippen molar-refractivity contribution in [3.63, 3.8) is 0 Å². The van der Waals surface area contributed by atoms with Crippen molar-refractivity contribution in [1.29, 1.82) is 0 Å². The quantitative estimate of drug-likeness (QED) is 0.230. The van der Waals surface area contributed by atoms with Gasteiger partial charge in [-0.1, -0.05) is 37.3 Å². The largest absolute Gasteiger partial charge is 0.510 e. The molecule has 1 unspecified atom stereocenters. The molecule has 6 nitrogen and oxygen atoms in total. The molecule has 0 radical (unpaired) electrons. The number of carbonyl (C=O) groups is 1. The highest BCUT2D eigenvalue weighted by Gasteiger charge is 2.42. The van der Waals surface area contributed by atoms with Gasteiger partial charge >= 0.3 is 6.18 Å². The number of hydrogen-bond acceptors (Lipinski definition) is 6. The summed E-state index contributed by atoms with van der Waals surface area (Å²) in [6.45, 7) is 10.5. The number of allylic oxidation sites excluding steroid dienone is 1. The number of hydrogen-bond donors (Lipinski definition) is 2. The molecule has 1 aromatic carbocycles. The minimum atomic E-state index is -4.12. The van der Waals surface area contributed by atoms with E-state index >= 15 is 0 Å². The van der Waals surface area contributed by atoms with Gasteiger partial charge in [0.15, 0.2) is 9.84 Å². The zero-order valence-electron chi connectivity index (χ0n) is 23.5. The van der Waals surface area contributed by atoms with E-state index in [2.05, 4.69) is 22.9 Å². The molecule has 1 aromatic heterocycles. The van der Waals surface area contributed by atoms with E-state index in [0.717, 1.165) is 16.0 Å². The first kappa shape index (κ1) is 31.3. The highest BCUT2D eigenvalue weighted by Crippen LogP contribution is 2.44. The summed E-state index contributed by atoms with van der Waals surface area (Å²) in [5.74, 6) is -1.69. The Kier molecular flexibility index (Phi) is 9.40. The Bertz CT molecular complexity index is 1400.